The Balaban J connectivity index is 1.08. The van der Waals surface area contributed by atoms with Gasteiger partial charge in [-0.1, -0.05) is 176 Å². The summed E-state index contributed by atoms with van der Waals surface area (Å²) in [5, 5.41) is 5.09. The summed E-state index contributed by atoms with van der Waals surface area (Å²) < 4.78 is 4.91. The average Bonchev–Trinajstić information content (AvgIpc) is 3.93. The normalized spacial score (nSPS) is 13.2. The number of nitrogens with zero attached hydrogens (tertiary/aromatic N) is 2. The fourth-order valence-electron chi connectivity index (χ4n) is 9.54. The smallest absolute Gasteiger partial charge is 0.156 e. The summed E-state index contributed by atoms with van der Waals surface area (Å²) in [7, 11) is 0. The van der Waals surface area contributed by atoms with Crippen LogP contribution in [0.5, 0.6) is 0 Å². The van der Waals surface area contributed by atoms with Crippen molar-refractivity contribution in [1.82, 2.24) is 9.38 Å². The van der Waals surface area contributed by atoms with Crippen LogP contribution in [0.1, 0.15) is 22.3 Å². The number of benzene rings is 8. The average molecular weight is 717 g/mol. The third-order valence-corrected chi connectivity index (χ3v) is 13.1. The Morgan fingerprint density at radius 2 is 1.11 bits per heavy atom. The standard InChI is InChI=1S/C52H32N2S/c1-3-15-36(16-4-1)52(37-17-5-2-6-18-37)43-22-10-9-20-41(43)48-38(21-13-23-44(48)52)34-26-28-35(29-27-34)47-32-42-40-31-30-33-14-7-8-19-39(33)49(40)55-50(42)51-53-45-24-11-12-25-46(45)54(47)51/h1-32H. The minimum absolute atomic E-state index is 0.428. The van der Waals surface area contributed by atoms with E-state index in [1.165, 1.54) is 75.5 Å². The predicted octanol–water partition coefficient (Wildman–Crippen LogP) is 13.7. The van der Waals surface area contributed by atoms with E-state index in [2.05, 4.69) is 199 Å². The molecule has 256 valence electrons. The molecule has 0 atom stereocenters. The zero-order valence-electron chi connectivity index (χ0n) is 29.8. The van der Waals surface area contributed by atoms with E-state index in [1.807, 2.05) is 11.3 Å². The van der Waals surface area contributed by atoms with Crippen LogP contribution in [0.25, 0.3) is 81.1 Å². The molecule has 0 amide bonds. The molecule has 0 fully saturated rings. The van der Waals surface area contributed by atoms with Crippen molar-refractivity contribution < 1.29 is 0 Å². The van der Waals surface area contributed by atoms with Crippen molar-refractivity contribution in [3.05, 3.63) is 216 Å². The van der Waals surface area contributed by atoms with Crippen LogP contribution < -0.4 is 0 Å². The van der Waals surface area contributed by atoms with Crippen LogP contribution in [-0.4, -0.2) is 9.38 Å². The van der Waals surface area contributed by atoms with E-state index >= 15 is 0 Å². The first-order chi connectivity index (χ1) is 27.3. The van der Waals surface area contributed by atoms with Crippen molar-refractivity contribution in [3.63, 3.8) is 0 Å². The van der Waals surface area contributed by atoms with Crippen LogP contribution in [0.3, 0.4) is 0 Å². The maximum atomic E-state index is 5.27. The molecule has 0 N–H and O–H groups in total. The second kappa shape index (κ2) is 11.6. The van der Waals surface area contributed by atoms with E-state index < -0.39 is 5.41 Å². The topological polar surface area (TPSA) is 17.3 Å². The highest BCUT2D eigenvalue weighted by atomic mass is 32.1. The summed E-state index contributed by atoms with van der Waals surface area (Å²) in [6.45, 7) is 0. The molecule has 3 heteroatoms. The Hall–Kier alpha value is -6.81. The fourth-order valence-corrected chi connectivity index (χ4v) is 10.8. The SMILES string of the molecule is c1ccc(C2(c3ccccc3)c3ccccc3-c3c(-c4ccc(-c5cc6c7ccc8ccccc8c7sc6c6nc7ccccc7n56)cc4)cccc32)cc1. The largest absolute Gasteiger partial charge is 0.291 e. The molecule has 11 aromatic rings. The van der Waals surface area contributed by atoms with Gasteiger partial charge in [-0.2, -0.15) is 0 Å². The zero-order chi connectivity index (χ0) is 36.1. The summed E-state index contributed by atoms with van der Waals surface area (Å²) in [4.78, 5) is 5.27. The molecule has 1 aliphatic carbocycles. The molecule has 8 aromatic carbocycles. The molecule has 1 aliphatic rings. The molecule has 12 rings (SSSR count). The van der Waals surface area contributed by atoms with Crippen molar-refractivity contribution in [2.45, 2.75) is 5.41 Å². The number of para-hydroxylation sites is 2. The van der Waals surface area contributed by atoms with Gasteiger partial charge in [0.05, 0.1) is 26.8 Å². The predicted molar refractivity (Wildman–Crippen MR) is 231 cm³/mol. The number of hydrogen-bond acceptors (Lipinski definition) is 2. The second-order valence-corrected chi connectivity index (χ2v) is 15.7. The van der Waals surface area contributed by atoms with E-state index in [0.717, 1.165) is 27.9 Å². The van der Waals surface area contributed by atoms with Crippen molar-refractivity contribution in [2.24, 2.45) is 0 Å². The molecule has 0 bridgehead atoms. The van der Waals surface area contributed by atoms with Gasteiger partial charge in [-0.15, -0.1) is 11.3 Å². The Morgan fingerprint density at radius 1 is 0.455 bits per heavy atom. The molecule has 0 radical (unpaired) electrons. The summed E-state index contributed by atoms with van der Waals surface area (Å²) in [6.07, 6.45) is 0. The number of imidazole rings is 1. The van der Waals surface area contributed by atoms with Crippen molar-refractivity contribution in [2.75, 3.05) is 0 Å². The highest BCUT2D eigenvalue weighted by Crippen LogP contribution is 2.58. The minimum atomic E-state index is -0.428. The molecular weight excluding hydrogens is 685 g/mol. The molecule has 3 heterocycles. The third kappa shape index (κ3) is 4.22. The molecule has 55 heavy (non-hydrogen) atoms. The molecule has 2 nitrogen and oxygen atoms in total. The van der Waals surface area contributed by atoms with Crippen LogP contribution >= 0.6 is 11.3 Å². The number of pyridine rings is 1. The lowest BCUT2D eigenvalue weighted by Crippen LogP contribution is -2.28. The van der Waals surface area contributed by atoms with E-state index in [4.69, 9.17) is 4.98 Å². The highest BCUT2D eigenvalue weighted by molar-refractivity contribution is 7.27. The van der Waals surface area contributed by atoms with Crippen LogP contribution in [-0.2, 0) is 5.41 Å². The van der Waals surface area contributed by atoms with Gasteiger partial charge in [0.25, 0.3) is 0 Å². The molecule has 0 aliphatic heterocycles. The third-order valence-electron chi connectivity index (χ3n) is 11.9. The maximum absolute atomic E-state index is 5.27. The summed E-state index contributed by atoms with van der Waals surface area (Å²) >= 11 is 1.86. The van der Waals surface area contributed by atoms with Crippen LogP contribution in [0, 0.1) is 0 Å². The van der Waals surface area contributed by atoms with E-state index in [-0.39, 0.29) is 0 Å². The van der Waals surface area contributed by atoms with Gasteiger partial charge in [-0.3, -0.25) is 4.40 Å². The Morgan fingerprint density at radius 3 is 1.93 bits per heavy atom. The summed E-state index contributed by atoms with van der Waals surface area (Å²) in [5.74, 6) is 0. The zero-order valence-corrected chi connectivity index (χ0v) is 30.6. The van der Waals surface area contributed by atoms with Gasteiger partial charge in [-0.05, 0) is 79.0 Å². The van der Waals surface area contributed by atoms with E-state index in [9.17, 15) is 0 Å². The van der Waals surface area contributed by atoms with Crippen molar-refractivity contribution in [3.8, 4) is 33.5 Å². The van der Waals surface area contributed by atoms with Crippen LogP contribution in [0.2, 0.25) is 0 Å². The minimum Gasteiger partial charge on any atom is -0.291 e. The first kappa shape index (κ1) is 30.6. The summed E-state index contributed by atoms with van der Waals surface area (Å²) in [6, 6.07) is 71.4. The van der Waals surface area contributed by atoms with Crippen molar-refractivity contribution >= 4 is 59.0 Å². The van der Waals surface area contributed by atoms with Crippen LogP contribution in [0.15, 0.2) is 194 Å². The first-order valence-corrected chi connectivity index (χ1v) is 19.7. The molecule has 0 saturated heterocycles. The van der Waals surface area contributed by atoms with Crippen molar-refractivity contribution in [1.29, 1.82) is 0 Å². The van der Waals surface area contributed by atoms with Gasteiger partial charge >= 0.3 is 0 Å². The first-order valence-electron chi connectivity index (χ1n) is 18.9. The number of fused-ring (bicyclic) bond motifs is 12. The monoisotopic (exact) mass is 716 g/mol. The highest BCUT2D eigenvalue weighted by Gasteiger charge is 2.46. The number of hydrogen-bond donors (Lipinski definition) is 0. The van der Waals surface area contributed by atoms with Gasteiger partial charge in [0, 0.05) is 15.5 Å². The quantitative estimate of drug-likeness (QED) is 0.177. The molecule has 0 spiro atoms. The Bertz CT molecular complexity index is 3260. The Kier molecular flexibility index (Phi) is 6.46. The fraction of sp³-hybridized carbons (Fsp3) is 0.0192. The molecule has 0 unspecified atom stereocenters. The lowest BCUT2D eigenvalue weighted by Gasteiger charge is -2.34. The Labute approximate surface area is 322 Å². The molecular formula is C52H32N2S. The number of thiophene rings is 1. The number of aromatic nitrogens is 2. The van der Waals surface area contributed by atoms with E-state index in [0.29, 0.717) is 0 Å². The number of rotatable bonds is 4. The van der Waals surface area contributed by atoms with Gasteiger partial charge < -0.3 is 0 Å². The molecule has 3 aromatic heterocycles. The van der Waals surface area contributed by atoms with Crippen LogP contribution in [0.4, 0.5) is 0 Å². The lowest BCUT2D eigenvalue weighted by molar-refractivity contribution is 0.768. The second-order valence-electron chi connectivity index (χ2n) is 14.6. The van der Waals surface area contributed by atoms with E-state index in [1.54, 1.807) is 0 Å². The van der Waals surface area contributed by atoms with Gasteiger partial charge in [-0.25, -0.2) is 4.98 Å². The lowest BCUT2D eigenvalue weighted by atomic mass is 9.67. The van der Waals surface area contributed by atoms with Gasteiger partial charge in [0.1, 0.15) is 0 Å². The van der Waals surface area contributed by atoms with Gasteiger partial charge in [0.2, 0.25) is 0 Å². The summed E-state index contributed by atoms with van der Waals surface area (Å²) in [5.41, 5.74) is 15.3. The maximum Gasteiger partial charge on any atom is 0.156 e. The molecule has 0 saturated carbocycles. The van der Waals surface area contributed by atoms with Gasteiger partial charge in [0.15, 0.2) is 5.65 Å².